The van der Waals surface area contributed by atoms with Crippen molar-refractivity contribution < 1.29 is 24.5 Å². The Morgan fingerprint density at radius 3 is 2.14 bits per heavy atom. The molecule has 0 atom stereocenters. The molecule has 1 aromatic carbocycles. The van der Waals surface area contributed by atoms with E-state index in [1.54, 1.807) is 13.8 Å². The van der Waals surface area contributed by atoms with Crippen molar-refractivity contribution in [1.82, 2.24) is 0 Å². The van der Waals surface area contributed by atoms with Gasteiger partial charge in [-0.25, -0.2) is 9.59 Å². The second-order valence-electron chi connectivity index (χ2n) is 4.44. The molecule has 0 aromatic heterocycles. The first-order valence-corrected chi connectivity index (χ1v) is 6.17. The van der Waals surface area contributed by atoms with Crippen LogP contribution >= 0.6 is 0 Å². The molecule has 0 saturated heterocycles. The van der Waals surface area contributed by atoms with E-state index >= 15 is 0 Å². The lowest BCUT2D eigenvalue weighted by Gasteiger charge is -2.07. The van der Waals surface area contributed by atoms with Gasteiger partial charge in [0.2, 0.25) is 5.70 Å². The molecule has 0 fully saturated rings. The zero-order valence-electron chi connectivity index (χ0n) is 11.9. The van der Waals surface area contributed by atoms with E-state index in [0.717, 1.165) is 0 Å². The lowest BCUT2D eigenvalue weighted by Crippen LogP contribution is -2.13. The molecule has 7 nitrogen and oxygen atoms in total. The van der Waals surface area contributed by atoms with Gasteiger partial charge >= 0.3 is 11.9 Å². The van der Waals surface area contributed by atoms with Gasteiger partial charge in [-0.05, 0) is 45.0 Å². The fraction of sp³-hybridized carbons (Fsp3) is 0.286. The fourth-order valence-electron chi connectivity index (χ4n) is 1.31. The summed E-state index contributed by atoms with van der Waals surface area (Å²) in [5.74, 6) is -2.15. The maximum atomic E-state index is 11.7. The summed E-state index contributed by atoms with van der Waals surface area (Å²) in [4.78, 5) is 22.4. The van der Waals surface area contributed by atoms with Crippen molar-refractivity contribution in [2.24, 2.45) is 10.2 Å². The number of carboxylic acid groups (broad SMARTS) is 1. The second kappa shape index (κ2) is 7.18. The van der Waals surface area contributed by atoms with Crippen molar-refractivity contribution in [2.75, 3.05) is 0 Å². The maximum absolute atomic E-state index is 11.7. The Morgan fingerprint density at radius 1 is 1.14 bits per heavy atom. The molecule has 0 heterocycles. The number of rotatable bonds is 5. The summed E-state index contributed by atoms with van der Waals surface area (Å²) in [6, 6.07) is 5.59. The molecule has 0 aliphatic heterocycles. The van der Waals surface area contributed by atoms with Gasteiger partial charge in [0.1, 0.15) is 5.76 Å². The number of ether oxygens (including phenoxy) is 1. The van der Waals surface area contributed by atoms with Crippen LogP contribution in [0.5, 0.6) is 0 Å². The predicted octanol–water partition coefficient (Wildman–Crippen LogP) is 3.21. The van der Waals surface area contributed by atoms with Crippen molar-refractivity contribution in [3.8, 4) is 0 Å². The Morgan fingerprint density at radius 2 is 1.71 bits per heavy atom. The topological polar surface area (TPSA) is 109 Å². The first kappa shape index (κ1) is 16.4. The van der Waals surface area contributed by atoms with E-state index in [1.165, 1.54) is 31.2 Å². The largest absolute Gasteiger partial charge is 0.510 e. The van der Waals surface area contributed by atoms with Crippen LogP contribution < -0.4 is 0 Å². The average Bonchev–Trinajstić information content (AvgIpc) is 2.38. The van der Waals surface area contributed by atoms with Crippen molar-refractivity contribution in [1.29, 1.82) is 0 Å². The highest BCUT2D eigenvalue weighted by Gasteiger charge is 2.16. The quantitative estimate of drug-likeness (QED) is 0.375. The van der Waals surface area contributed by atoms with Crippen LogP contribution in [0.4, 0.5) is 5.69 Å². The van der Waals surface area contributed by atoms with Crippen LogP contribution in [0.3, 0.4) is 0 Å². The number of aliphatic hydroxyl groups is 1. The predicted molar refractivity (Wildman–Crippen MR) is 74.5 cm³/mol. The lowest BCUT2D eigenvalue weighted by molar-refractivity contribution is -0.142. The zero-order chi connectivity index (χ0) is 16.0. The van der Waals surface area contributed by atoms with Crippen LogP contribution in [0.15, 0.2) is 46.0 Å². The van der Waals surface area contributed by atoms with Gasteiger partial charge < -0.3 is 14.9 Å². The van der Waals surface area contributed by atoms with Gasteiger partial charge in [0.05, 0.1) is 17.4 Å². The molecular weight excluding hydrogens is 276 g/mol. The van der Waals surface area contributed by atoms with Crippen LogP contribution in [0.25, 0.3) is 0 Å². The van der Waals surface area contributed by atoms with Gasteiger partial charge in [0.25, 0.3) is 0 Å². The molecule has 7 heteroatoms. The molecule has 2 N–H and O–H groups in total. The Hall–Kier alpha value is -2.70. The molecule has 0 unspecified atom stereocenters. The monoisotopic (exact) mass is 292 g/mol. The summed E-state index contributed by atoms with van der Waals surface area (Å²) >= 11 is 0. The Labute approximate surface area is 121 Å². The number of carbonyl (C=O) groups excluding carboxylic acids is 1. The molecule has 1 rings (SSSR count). The molecule has 21 heavy (non-hydrogen) atoms. The number of allylic oxidation sites excluding steroid dienone is 1. The number of carbonyl (C=O) groups is 2. The standard InChI is InChI=1S/C14H16N2O5/c1-8(2)21-14(20)12(9(3)17)16-15-11-6-4-10(5-7-11)13(18)19/h4-8,17H,1-3H3,(H,18,19). The first-order chi connectivity index (χ1) is 9.81. The van der Waals surface area contributed by atoms with Crippen molar-refractivity contribution >= 4 is 17.6 Å². The van der Waals surface area contributed by atoms with Gasteiger partial charge in [0.15, 0.2) is 0 Å². The molecule has 112 valence electrons. The molecule has 0 spiro atoms. The van der Waals surface area contributed by atoms with Crippen LogP contribution in [-0.2, 0) is 9.53 Å². The number of hydrogen-bond acceptors (Lipinski definition) is 6. The number of azo groups is 1. The average molecular weight is 292 g/mol. The third-order valence-electron chi connectivity index (χ3n) is 2.26. The third kappa shape index (κ3) is 5.06. The summed E-state index contributed by atoms with van der Waals surface area (Å²) in [6.45, 7) is 4.64. The Kier molecular flexibility index (Phi) is 5.59. The van der Waals surface area contributed by atoms with Crippen LogP contribution in [0.1, 0.15) is 31.1 Å². The van der Waals surface area contributed by atoms with E-state index in [2.05, 4.69) is 10.2 Å². The smallest absolute Gasteiger partial charge is 0.362 e. The molecule has 0 saturated carbocycles. The minimum atomic E-state index is -1.05. The minimum Gasteiger partial charge on any atom is -0.510 e. The van der Waals surface area contributed by atoms with Crippen molar-refractivity contribution in [2.45, 2.75) is 26.9 Å². The summed E-state index contributed by atoms with van der Waals surface area (Å²) in [7, 11) is 0. The second-order valence-corrected chi connectivity index (χ2v) is 4.44. The van der Waals surface area contributed by atoms with Gasteiger partial charge in [-0.15, -0.1) is 5.11 Å². The lowest BCUT2D eigenvalue weighted by atomic mass is 10.2. The van der Waals surface area contributed by atoms with Crippen LogP contribution in [-0.4, -0.2) is 28.3 Å². The zero-order valence-corrected chi connectivity index (χ0v) is 11.9. The highest BCUT2D eigenvalue weighted by atomic mass is 16.5. The van der Waals surface area contributed by atoms with Crippen molar-refractivity contribution in [3.63, 3.8) is 0 Å². The molecule has 1 aromatic rings. The van der Waals surface area contributed by atoms with Crippen LogP contribution in [0, 0.1) is 0 Å². The Bertz CT molecular complexity index is 584. The molecule has 0 aliphatic rings. The maximum Gasteiger partial charge on any atom is 0.362 e. The summed E-state index contributed by atoms with van der Waals surface area (Å²) in [5.41, 5.74) is 0.157. The summed E-state index contributed by atoms with van der Waals surface area (Å²) in [6.07, 6.45) is -0.350. The normalized spacial score (nSPS) is 12.4. The highest BCUT2D eigenvalue weighted by molar-refractivity contribution is 5.88. The summed E-state index contributed by atoms with van der Waals surface area (Å²) in [5, 5.41) is 25.6. The molecule has 0 amide bonds. The van der Waals surface area contributed by atoms with E-state index in [1.807, 2.05) is 0 Å². The van der Waals surface area contributed by atoms with E-state index < -0.39 is 11.9 Å². The van der Waals surface area contributed by atoms with Crippen LogP contribution in [0.2, 0.25) is 0 Å². The molecule has 0 bridgehead atoms. The SMILES string of the molecule is CC(O)=C(N=Nc1ccc(C(=O)O)cc1)C(=O)OC(C)C. The van der Waals surface area contributed by atoms with E-state index in [4.69, 9.17) is 9.84 Å². The number of hydrogen-bond donors (Lipinski definition) is 2. The van der Waals surface area contributed by atoms with E-state index in [0.29, 0.717) is 5.69 Å². The third-order valence-corrected chi connectivity index (χ3v) is 2.26. The van der Waals surface area contributed by atoms with E-state index in [-0.39, 0.29) is 23.1 Å². The molecule has 0 radical (unpaired) electrons. The fourth-order valence-corrected chi connectivity index (χ4v) is 1.31. The number of aromatic carboxylic acids is 1. The number of benzene rings is 1. The van der Waals surface area contributed by atoms with Gasteiger partial charge in [0, 0.05) is 0 Å². The van der Waals surface area contributed by atoms with Gasteiger partial charge in [-0.1, -0.05) is 0 Å². The number of carboxylic acids is 1. The number of esters is 1. The molecule has 0 aliphatic carbocycles. The van der Waals surface area contributed by atoms with Gasteiger partial charge in [-0.3, -0.25) is 0 Å². The first-order valence-electron chi connectivity index (χ1n) is 6.17. The highest BCUT2D eigenvalue weighted by Crippen LogP contribution is 2.17. The van der Waals surface area contributed by atoms with Crippen molar-refractivity contribution in [3.05, 3.63) is 41.3 Å². The van der Waals surface area contributed by atoms with Gasteiger partial charge in [-0.2, -0.15) is 5.11 Å². The molecular formula is C14H16N2O5. The number of aliphatic hydroxyl groups excluding tert-OH is 1. The summed E-state index contributed by atoms with van der Waals surface area (Å²) < 4.78 is 4.92. The number of nitrogens with zero attached hydrogens (tertiary/aromatic N) is 2. The minimum absolute atomic E-state index is 0.113. The van der Waals surface area contributed by atoms with E-state index in [9.17, 15) is 14.7 Å². The Balaban J connectivity index is 2.92.